The van der Waals surface area contributed by atoms with E-state index in [1.807, 2.05) is 38.1 Å². The number of benzene rings is 1. The minimum Gasteiger partial charge on any atom is -0.494 e. The van der Waals surface area contributed by atoms with Crippen LogP contribution in [0.15, 0.2) is 24.3 Å². The van der Waals surface area contributed by atoms with Crippen molar-refractivity contribution in [1.82, 2.24) is 5.32 Å². The monoisotopic (exact) mass is 237 g/mol. The number of carboxylic acids is 1. The lowest BCUT2D eigenvalue weighted by atomic mass is 10.1. The molecule has 1 atom stereocenters. The Balaban J connectivity index is 2.42. The Morgan fingerprint density at radius 2 is 2.06 bits per heavy atom. The molecular weight excluding hydrogens is 218 g/mol. The van der Waals surface area contributed by atoms with Crippen molar-refractivity contribution in [2.45, 2.75) is 26.3 Å². The number of carboxylic acid groups (broad SMARTS) is 1. The predicted molar refractivity (Wildman–Crippen MR) is 66.4 cm³/mol. The van der Waals surface area contributed by atoms with Gasteiger partial charge in [0.15, 0.2) is 0 Å². The fraction of sp³-hybridized carbons (Fsp3) is 0.462. The number of carbonyl (C=O) groups is 1. The molecule has 0 radical (unpaired) electrons. The van der Waals surface area contributed by atoms with E-state index in [1.54, 1.807) is 0 Å². The topological polar surface area (TPSA) is 58.6 Å². The molecule has 0 aromatic heterocycles. The second kappa shape index (κ2) is 6.91. The summed E-state index contributed by atoms with van der Waals surface area (Å²) in [4.78, 5) is 10.4. The normalized spacial score (nSPS) is 12.1. The average Bonchev–Trinajstić information content (AvgIpc) is 2.29. The largest absolute Gasteiger partial charge is 0.494 e. The van der Waals surface area contributed by atoms with Gasteiger partial charge in [-0.15, -0.1) is 0 Å². The van der Waals surface area contributed by atoms with E-state index in [2.05, 4.69) is 5.32 Å². The first-order valence-electron chi connectivity index (χ1n) is 5.78. The zero-order chi connectivity index (χ0) is 12.7. The number of hydrogen-bond donors (Lipinski definition) is 2. The SMILES string of the molecule is CCOc1ccc(CC(C)NCC(=O)O)cc1. The van der Waals surface area contributed by atoms with Crippen LogP contribution in [0.2, 0.25) is 0 Å². The van der Waals surface area contributed by atoms with Gasteiger partial charge in [0, 0.05) is 6.04 Å². The Labute approximate surface area is 102 Å². The van der Waals surface area contributed by atoms with Crippen molar-refractivity contribution < 1.29 is 14.6 Å². The highest BCUT2D eigenvalue weighted by molar-refractivity contribution is 5.69. The minimum atomic E-state index is -0.830. The number of nitrogens with one attached hydrogen (secondary N) is 1. The Kier molecular flexibility index (Phi) is 5.49. The molecule has 0 fully saturated rings. The second-order valence-electron chi connectivity index (χ2n) is 3.96. The van der Waals surface area contributed by atoms with Gasteiger partial charge in [-0.1, -0.05) is 12.1 Å². The van der Waals surface area contributed by atoms with Crippen molar-refractivity contribution in [3.63, 3.8) is 0 Å². The lowest BCUT2D eigenvalue weighted by Gasteiger charge is -2.12. The lowest BCUT2D eigenvalue weighted by Crippen LogP contribution is -2.32. The molecule has 0 saturated carbocycles. The molecule has 94 valence electrons. The van der Waals surface area contributed by atoms with Gasteiger partial charge >= 0.3 is 5.97 Å². The number of rotatable bonds is 7. The summed E-state index contributed by atoms with van der Waals surface area (Å²) in [6.45, 7) is 4.58. The fourth-order valence-corrected chi connectivity index (χ4v) is 1.58. The van der Waals surface area contributed by atoms with Gasteiger partial charge in [0.25, 0.3) is 0 Å². The third-order valence-electron chi connectivity index (χ3n) is 2.38. The molecule has 1 unspecified atom stereocenters. The third kappa shape index (κ3) is 5.36. The highest BCUT2D eigenvalue weighted by Crippen LogP contribution is 2.13. The third-order valence-corrected chi connectivity index (χ3v) is 2.38. The maximum absolute atomic E-state index is 10.4. The first-order valence-corrected chi connectivity index (χ1v) is 5.78. The molecular formula is C13H19NO3. The van der Waals surface area contributed by atoms with Crippen molar-refractivity contribution in [3.8, 4) is 5.75 Å². The van der Waals surface area contributed by atoms with Gasteiger partial charge in [0.05, 0.1) is 13.2 Å². The molecule has 0 aliphatic carbocycles. The van der Waals surface area contributed by atoms with Crippen LogP contribution in [-0.2, 0) is 11.2 Å². The zero-order valence-electron chi connectivity index (χ0n) is 10.3. The molecule has 17 heavy (non-hydrogen) atoms. The number of hydrogen-bond acceptors (Lipinski definition) is 3. The summed E-state index contributed by atoms with van der Waals surface area (Å²) >= 11 is 0. The highest BCUT2D eigenvalue weighted by Gasteiger charge is 2.05. The van der Waals surface area contributed by atoms with Crippen molar-refractivity contribution in [3.05, 3.63) is 29.8 Å². The van der Waals surface area contributed by atoms with E-state index in [0.29, 0.717) is 6.61 Å². The predicted octanol–water partition coefficient (Wildman–Crippen LogP) is 1.69. The average molecular weight is 237 g/mol. The van der Waals surface area contributed by atoms with E-state index in [-0.39, 0.29) is 12.6 Å². The molecule has 4 heteroatoms. The van der Waals surface area contributed by atoms with Crippen LogP contribution in [0.5, 0.6) is 5.75 Å². The summed E-state index contributed by atoms with van der Waals surface area (Å²) < 4.78 is 5.35. The Bertz CT molecular complexity index is 348. The van der Waals surface area contributed by atoms with Gasteiger partial charge < -0.3 is 15.2 Å². The molecule has 0 amide bonds. The second-order valence-corrected chi connectivity index (χ2v) is 3.96. The number of ether oxygens (including phenoxy) is 1. The first-order chi connectivity index (χ1) is 8.11. The molecule has 0 bridgehead atoms. The minimum absolute atomic E-state index is 0.00179. The van der Waals surface area contributed by atoms with Gasteiger partial charge in [-0.3, -0.25) is 4.79 Å². The molecule has 0 heterocycles. The van der Waals surface area contributed by atoms with Gasteiger partial charge in [0.1, 0.15) is 5.75 Å². The van der Waals surface area contributed by atoms with Crippen LogP contribution in [0.25, 0.3) is 0 Å². The Morgan fingerprint density at radius 3 is 2.59 bits per heavy atom. The van der Waals surface area contributed by atoms with Gasteiger partial charge in [0.2, 0.25) is 0 Å². The van der Waals surface area contributed by atoms with Crippen LogP contribution in [0.4, 0.5) is 0 Å². The van der Waals surface area contributed by atoms with Crippen LogP contribution in [0, 0.1) is 0 Å². The van der Waals surface area contributed by atoms with Crippen molar-refractivity contribution >= 4 is 5.97 Å². The molecule has 2 N–H and O–H groups in total. The van der Waals surface area contributed by atoms with E-state index < -0.39 is 5.97 Å². The van der Waals surface area contributed by atoms with E-state index in [9.17, 15) is 4.79 Å². The van der Waals surface area contributed by atoms with Crippen molar-refractivity contribution in [2.24, 2.45) is 0 Å². The summed E-state index contributed by atoms with van der Waals surface area (Å²) in [5.41, 5.74) is 1.17. The van der Waals surface area contributed by atoms with E-state index in [1.165, 1.54) is 5.56 Å². The summed E-state index contributed by atoms with van der Waals surface area (Å²) in [5, 5.41) is 11.5. The molecule has 0 saturated heterocycles. The highest BCUT2D eigenvalue weighted by atomic mass is 16.5. The molecule has 1 rings (SSSR count). The van der Waals surface area contributed by atoms with Crippen LogP contribution in [0.3, 0.4) is 0 Å². The Morgan fingerprint density at radius 1 is 1.41 bits per heavy atom. The smallest absolute Gasteiger partial charge is 0.317 e. The van der Waals surface area contributed by atoms with E-state index in [4.69, 9.17) is 9.84 Å². The Hall–Kier alpha value is -1.55. The molecule has 0 aliphatic rings. The van der Waals surface area contributed by atoms with Crippen molar-refractivity contribution in [1.29, 1.82) is 0 Å². The molecule has 0 aliphatic heterocycles. The zero-order valence-corrected chi connectivity index (χ0v) is 10.3. The van der Waals surface area contributed by atoms with E-state index in [0.717, 1.165) is 12.2 Å². The molecule has 0 spiro atoms. The van der Waals surface area contributed by atoms with E-state index >= 15 is 0 Å². The molecule has 4 nitrogen and oxygen atoms in total. The number of aliphatic carboxylic acids is 1. The first kappa shape index (κ1) is 13.5. The van der Waals surface area contributed by atoms with Gasteiger partial charge in [-0.2, -0.15) is 0 Å². The van der Waals surface area contributed by atoms with Gasteiger partial charge in [-0.25, -0.2) is 0 Å². The maximum Gasteiger partial charge on any atom is 0.317 e. The quantitative estimate of drug-likeness (QED) is 0.757. The molecule has 1 aromatic rings. The van der Waals surface area contributed by atoms with Crippen LogP contribution < -0.4 is 10.1 Å². The summed E-state index contributed by atoms with van der Waals surface area (Å²) in [6, 6.07) is 8.02. The maximum atomic E-state index is 10.4. The standard InChI is InChI=1S/C13H19NO3/c1-3-17-12-6-4-11(5-7-12)8-10(2)14-9-13(15)16/h4-7,10,14H,3,8-9H2,1-2H3,(H,15,16). The summed E-state index contributed by atoms with van der Waals surface area (Å²) in [7, 11) is 0. The van der Waals surface area contributed by atoms with Crippen molar-refractivity contribution in [2.75, 3.05) is 13.2 Å². The van der Waals surface area contributed by atoms with Gasteiger partial charge in [-0.05, 0) is 38.0 Å². The fourth-order valence-electron chi connectivity index (χ4n) is 1.58. The lowest BCUT2D eigenvalue weighted by molar-refractivity contribution is -0.136. The summed E-state index contributed by atoms with van der Waals surface area (Å²) in [5.74, 6) is 0.0333. The van der Waals surface area contributed by atoms with Crippen LogP contribution in [-0.4, -0.2) is 30.3 Å². The summed E-state index contributed by atoms with van der Waals surface area (Å²) in [6.07, 6.45) is 0.805. The van der Waals surface area contributed by atoms with Crippen LogP contribution >= 0.6 is 0 Å². The molecule has 1 aromatic carbocycles. The van der Waals surface area contributed by atoms with Crippen LogP contribution in [0.1, 0.15) is 19.4 Å².